The summed E-state index contributed by atoms with van der Waals surface area (Å²) in [5.74, 6) is 0. The van der Waals surface area contributed by atoms with E-state index in [9.17, 15) is 4.79 Å². The van der Waals surface area contributed by atoms with Gasteiger partial charge in [-0.2, -0.15) is 5.10 Å². The van der Waals surface area contributed by atoms with Gasteiger partial charge < -0.3 is 0 Å². The lowest BCUT2D eigenvalue weighted by molar-refractivity contribution is 0.503. The van der Waals surface area contributed by atoms with Crippen molar-refractivity contribution in [3.8, 4) is 0 Å². The molecule has 0 spiro atoms. The predicted octanol–water partition coefficient (Wildman–Crippen LogP) is 2.50. The molecule has 1 atom stereocenters. The number of rotatable bonds is 3. The van der Waals surface area contributed by atoms with Crippen molar-refractivity contribution in [3.05, 3.63) is 45.6 Å². The fourth-order valence-corrected chi connectivity index (χ4v) is 3.46. The third-order valence-electron chi connectivity index (χ3n) is 3.60. The molecule has 0 amide bonds. The van der Waals surface area contributed by atoms with Crippen LogP contribution in [0.4, 0.5) is 0 Å². The summed E-state index contributed by atoms with van der Waals surface area (Å²) in [6.45, 7) is 4.04. The molecule has 0 unspecified atom stereocenters. The summed E-state index contributed by atoms with van der Waals surface area (Å²) in [6, 6.07) is 1.92. The van der Waals surface area contributed by atoms with E-state index in [1.807, 2.05) is 30.1 Å². The van der Waals surface area contributed by atoms with Crippen LogP contribution in [0.1, 0.15) is 30.6 Å². The molecule has 3 heterocycles. The van der Waals surface area contributed by atoms with Crippen LogP contribution in [-0.2, 0) is 7.05 Å². The van der Waals surface area contributed by atoms with Crippen LogP contribution in [0.3, 0.4) is 0 Å². The van der Waals surface area contributed by atoms with E-state index in [0.29, 0.717) is 0 Å². The van der Waals surface area contributed by atoms with Gasteiger partial charge in [0.05, 0.1) is 23.6 Å². The van der Waals surface area contributed by atoms with Crippen molar-refractivity contribution in [2.24, 2.45) is 7.05 Å². The molecule has 5 nitrogen and oxygen atoms in total. The fraction of sp³-hybridized carbons (Fsp3) is 0.357. The lowest BCUT2D eigenvalue weighted by Crippen LogP contribution is -2.26. The van der Waals surface area contributed by atoms with Gasteiger partial charge in [-0.05, 0) is 30.4 Å². The van der Waals surface area contributed by atoms with Crippen LogP contribution in [0, 0.1) is 6.92 Å². The zero-order valence-electron chi connectivity index (χ0n) is 11.7. The van der Waals surface area contributed by atoms with E-state index in [0.717, 1.165) is 27.9 Å². The first-order chi connectivity index (χ1) is 9.63. The number of nitrogens with zero attached hydrogens (tertiary/aromatic N) is 4. The summed E-state index contributed by atoms with van der Waals surface area (Å²) in [4.78, 5) is 17.1. The van der Waals surface area contributed by atoms with Crippen molar-refractivity contribution < 1.29 is 0 Å². The average molecular weight is 288 g/mol. The first-order valence-electron chi connectivity index (χ1n) is 6.56. The van der Waals surface area contributed by atoms with Crippen LogP contribution >= 0.6 is 11.3 Å². The number of aryl methyl sites for hydroxylation is 2. The maximum Gasteiger partial charge on any atom is 0.271 e. The molecule has 6 heteroatoms. The molecule has 0 aliphatic heterocycles. The molecule has 0 aliphatic rings. The Morgan fingerprint density at radius 2 is 2.25 bits per heavy atom. The zero-order chi connectivity index (χ0) is 14.3. The molecule has 0 N–H and O–H groups in total. The van der Waals surface area contributed by atoms with Gasteiger partial charge in [0.2, 0.25) is 0 Å². The van der Waals surface area contributed by atoms with E-state index < -0.39 is 0 Å². The van der Waals surface area contributed by atoms with Gasteiger partial charge in [0, 0.05) is 13.2 Å². The molecule has 3 aromatic rings. The second-order valence-electron chi connectivity index (χ2n) is 4.86. The van der Waals surface area contributed by atoms with Crippen LogP contribution in [-0.4, -0.2) is 19.3 Å². The Labute approximate surface area is 120 Å². The van der Waals surface area contributed by atoms with E-state index >= 15 is 0 Å². The first kappa shape index (κ1) is 13.1. The van der Waals surface area contributed by atoms with Crippen molar-refractivity contribution in [1.82, 2.24) is 19.3 Å². The summed E-state index contributed by atoms with van der Waals surface area (Å²) < 4.78 is 4.25. The minimum absolute atomic E-state index is 0.0288. The summed E-state index contributed by atoms with van der Waals surface area (Å²) in [5, 5.41) is 6.17. The molecule has 3 aromatic heterocycles. The lowest BCUT2D eigenvalue weighted by Gasteiger charge is -2.18. The Balaban J connectivity index is 2.20. The molecule has 0 aliphatic carbocycles. The number of fused-ring (bicyclic) bond motifs is 1. The highest BCUT2D eigenvalue weighted by Gasteiger charge is 2.18. The summed E-state index contributed by atoms with van der Waals surface area (Å²) in [6.07, 6.45) is 4.23. The van der Waals surface area contributed by atoms with Gasteiger partial charge in [-0.15, -0.1) is 11.3 Å². The van der Waals surface area contributed by atoms with Crippen molar-refractivity contribution >= 4 is 21.6 Å². The van der Waals surface area contributed by atoms with Crippen LogP contribution in [0.5, 0.6) is 0 Å². The van der Waals surface area contributed by atoms with Crippen molar-refractivity contribution in [2.45, 2.75) is 26.3 Å². The van der Waals surface area contributed by atoms with Crippen LogP contribution in [0.2, 0.25) is 0 Å². The van der Waals surface area contributed by atoms with E-state index in [4.69, 9.17) is 0 Å². The quantitative estimate of drug-likeness (QED) is 0.744. The molecule has 20 heavy (non-hydrogen) atoms. The number of thiophene rings is 1. The molecule has 0 aromatic carbocycles. The maximum atomic E-state index is 12.7. The molecule has 104 valence electrons. The Kier molecular flexibility index (Phi) is 3.17. The minimum Gasteiger partial charge on any atom is -0.289 e. The van der Waals surface area contributed by atoms with E-state index in [-0.39, 0.29) is 11.6 Å². The molecule has 0 fully saturated rings. The van der Waals surface area contributed by atoms with Crippen molar-refractivity contribution in [3.63, 3.8) is 0 Å². The molecule has 0 bridgehead atoms. The van der Waals surface area contributed by atoms with Gasteiger partial charge in [-0.1, -0.05) is 6.92 Å². The van der Waals surface area contributed by atoms with E-state index in [2.05, 4.69) is 17.0 Å². The van der Waals surface area contributed by atoms with Gasteiger partial charge in [-0.3, -0.25) is 14.0 Å². The van der Waals surface area contributed by atoms with Gasteiger partial charge in [0.25, 0.3) is 5.56 Å². The number of aromatic nitrogens is 4. The standard InChI is InChI=1S/C14H16N4OS/c1-4-10(11-5-6-16-17(11)3)18-8-15-12-9(2)7-20-13(12)14(18)19/h5-8,10H,4H2,1-3H3/t10-/m1/s1. The number of hydrogen-bond acceptors (Lipinski definition) is 4. The van der Waals surface area contributed by atoms with Crippen molar-refractivity contribution in [2.75, 3.05) is 0 Å². The molecular weight excluding hydrogens is 272 g/mol. The molecule has 0 radical (unpaired) electrons. The van der Waals surface area contributed by atoms with Gasteiger partial charge in [0.15, 0.2) is 0 Å². The zero-order valence-corrected chi connectivity index (χ0v) is 12.5. The molecule has 0 saturated heterocycles. The lowest BCUT2D eigenvalue weighted by atomic mass is 10.1. The van der Waals surface area contributed by atoms with Gasteiger partial charge in [0.1, 0.15) is 4.70 Å². The normalized spacial score (nSPS) is 12.9. The second kappa shape index (κ2) is 4.86. The SMILES string of the molecule is CC[C@H](c1ccnn1C)n1cnc2c(C)csc2c1=O. The molecule has 0 saturated carbocycles. The largest absolute Gasteiger partial charge is 0.289 e. The fourth-order valence-electron chi connectivity index (χ4n) is 2.52. The van der Waals surface area contributed by atoms with Crippen molar-refractivity contribution in [1.29, 1.82) is 0 Å². The molecular formula is C14H16N4OS. The number of hydrogen-bond donors (Lipinski definition) is 0. The van der Waals surface area contributed by atoms with Crippen LogP contribution < -0.4 is 5.56 Å². The third-order valence-corrected chi connectivity index (χ3v) is 4.68. The van der Waals surface area contributed by atoms with E-state index in [1.54, 1.807) is 17.1 Å². The molecule has 3 rings (SSSR count). The topological polar surface area (TPSA) is 52.7 Å². The Morgan fingerprint density at radius 1 is 1.45 bits per heavy atom. The first-order valence-corrected chi connectivity index (χ1v) is 7.44. The van der Waals surface area contributed by atoms with Gasteiger partial charge in [-0.25, -0.2) is 4.98 Å². The smallest absolute Gasteiger partial charge is 0.271 e. The summed E-state index contributed by atoms with van der Waals surface area (Å²) >= 11 is 1.47. The Bertz CT molecular complexity index is 814. The highest BCUT2D eigenvalue weighted by atomic mass is 32.1. The maximum absolute atomic E-state index is 12.7. The highest BCUT2D eigenvalue weighted by molar-refractivity contribution is 7.17. The monoisotopic (exact) mass is 288 g/mol. The Hall–Kier alpha value is -1.95. The second-order valence-corrected chi connectivity index (χ2v) is 5.74. The highest BCUT2D eigenvalue weighted by Crippen LogP contribution is 2.23. The summed E-state index contributed by atoms with van der Waals surface area (Å²) in [7, 11) is 1.89. The predicted molar refractivity (Wildman–Crippen MR) is 80.3 cm³/mol. The van der Waals surface area contributed by atoms with Crippen LogP contribution in [0.25, 0.3) is 10.2 Å². The summed E-state index contributed by atoms with van der Waals surface area (Å²) in [5.41, 5.74) is 2.92. The van der Waals surface area contributed by atoms with Crippen LogP contribution in [0.15, 0.2) is 28.8 Å². The Morgan fingerprint density at radius 3 is 2.90 bits per heavy atom. The average Bonchev–Trinajstić information content (AvgIpc) is 3.01. The van der Waals surface area contributed by atoms with E-state index in [1.165, 1.54) is 11.3 Å². The van der Waals surface area contributed by atoms with Gasteiger partial charge >= 0.3 is 0 Å². The minimum atomic E-state index is -0.0330. The third kappa shape index (κ3) is 1.87.